The first-order valence-corrected chi connectivity index (χ1v) is 41.5. The molecule has 14 N–H and O–H groups in total. The average Bonchev–Trinajstić information content (AvgIpc) is 0.754. The van der Waals surface area contributed by atoms with Crippen LogP contribution in [0.5, 0.6) is 0 Å². The van der Waals surface area contributed by atoms with Gasteiger partial charge in [-0.15, -0.1) is 0 Å². The summed E-state index contributed by atoms with van der Waals surface area (Å²) in [5.74, 6) is -6.09. The van der Waals surface area contributed by atoms with E-state index in [9.17, 15) is 75.7 Å². The van der Waals surface area contributed by atoms with Crippen molar-refractivity contribution < 1.29 is 104 Å². The molecule has 0 radical (unpaired) electrons. The summed E-state index contributed by atoms with van der Waals surface area (Å²) in [7, 11) is 0. The number of amides is 2. The van der Waals surface area contributed by atoms with E-state index in [0.717, 1.165) is 64.7 Å². The first-order chi connectivity index (χ1) is 49.9. The molecule has 18 atom stereocenters. The van der Waals surface area contributed by atoms with Crippen LogP contribution in [0.2, 0.25) is 0 Å². The summed E-state index contributed by atoms with van der Waals surface area (Å²) in [6.07, 6.45) is 34.9. The number of unbranched alkanes of at least 4 members (excludes halogenated alkanes) is 44. The Morgan fingerprint density at radius 3 is 1.31 bits per heavy atom. The van der Waals surface area contributed by atoms with Gasteiger partial charge in [0.1, 0.15) is 67.1 Å². The smallest absolute Gasteiger partial charge is 0.364 e. The van der Waals surface area contributed by atoms with Crippen molar-refractivity contribution in [3.63, 3.8) is 0 Å². The lowest BCUT2D eigenvalue weighted by atomic mass is 9.88. The van der Waals surface area contributed by atoms with E-state index in [1.165, 1.54) is 231 Å². The molecule has 3 rings (SSSR count). The maximum atomic E-state index is 13.6. The molecule has 2 amide bonds. The summed E-state index contributed by atoms with van der Waals surface area (Å²) in [4.78, 5) is 38.7. The molecule has 23 nitrogen and oxygen atoms in total. The monoisotopic (exact) mass is 1480 g/mol. The van der Waals surface area contributed by atoms with Crippen LogP contribution in [0.15, 0.2) is 12.2 Å². The Kier molecular flexibility index (Phi) is 54.6. The Balaban J connectivity index is 1.50. The second-order valence-electron chi connectivity index (χ2n) is 30.3. The van der Waals surface area contributed by atoms with Gasteiger partial charge in [-0.1, -0.05) is 296 Å². The highest BCUT2D eigenvalue weighted by atomic mass is 16.8. The molecule has 3 aliphatic rings. The summed E-state index contributed by atoms with van der Waals surface area (Å²) < 4.78 is 35.0. The van der Waals surface area contributed by atoms with Crippen molar-refractivity contribution in [1.82, 2.24) is 10.6 Å². The number of allylic oxidation sites excluding steroid dienone is 2. The summed E-state index contributed by atoms with van der Waals surface area (Å²) in [5.41, 5.74) is 0. The van der Waals surface area contributed by atoms with Crippen molar-refractivity contribution in [3.05, 3.63) is 12.2 Å². The zero-order valence-electron chi connectivity index (χ0n) is 64.2. The zero-order chi connectivity index (χ0) is 75.3. The topological polar surface area (TPSA) is 373 Å². The van der Waals surface area contributed by atoms with E-state index in [0.29, 0.717) is 19.3 Å². The molecule has 23 heteroatoms. The molecule has 0 saturated carbocycles. The Morgan fingerprint density at radius 1 is 0.495 bits per heavy atom. The summed E-state index contributed by atoms with van der Waals surface area (Å²) in [5, 5.41) is 137. The highest BCUT2D eigenvalue weighted by Gasteiger charge is 2.60. The van der Waals surface area contributed by atoms with Crippen molar-refractivity contribution in [2.24, 2.45) is 0 Å². The van der Waals surface area contributed by atoms with E-state index in [1.54, 1.807) is 0 Å². The van der Waals surface area contributed by atoms with Crippen LogP contribution < -0.4 is 10.6 Å². The maximum Gasteiger partial charge on any atom is 0.364 e. The quantitative estimate of drug-likeness (QED) is 0.0199. The highest BCUT2D eigenvalue weighted by Crippen LogP contribution is 2.39. The van der Waals surface area contributed by atoms with Crippen LogP contribution in [0, 0.1) is 0 Å². The minimum Gasteiger partial charge on any atom is -0.477 e. The standard InChI is InChI=1S/C80H150N2O21/c1-4-6-8-10-12-14-16-18-20-22-24-26-28-29-30-32-34-36-38-40-42-44-46-48-50-52-54-67(90)82-61(62(87)53-51-49-47-45-43-41-39-37-35-33-31-27-25-23-21-19-17-15-13-11-9-7-5-2)59-98-77-72(94)71(93)74(66(58-85)100-77)101-78-73(95)76(70(92)65(57-84)99-78)103-80(79(96)97)55-63(88)68(81-60(3)86)75(102-80)69(91)64(89)56-83/h29-30,61-66,68-78,83-85,87-89,91-95H,4-28,31-59H2,1-3H3,(H,81,86)(H,82,90)(H,96,97)/b30-29-. The molecule has 3 fully saturated rings. The van der Waals surface area contributed by atoms with Gasteiger partial charge in [0.2, 0.25) is 11.8 Å². The van der Waals surface area contributed by atoms with E-state index in [-0.39, 0.29) is 18.9 Å². The first kappa shape index (κ1) is 94.7. The molecule has 18 unspecified atom stereocenters. The van der Waals surface area contributed by atoms with Crippen molar-refractivity contribution in [2.45, 2.75) is 452 Å². The van der Waals surface area contributed by atoms with E-state index < -0.39 is 148 Å². The molecule has 0 bridgehead atoms. The van der Waals surface area contributed by atoms with Crippen LogP contribution >= 0.6 is 0 Å². The predicted molar refractivity (Wildman–Crippen MR) is 398 cm³/mol. The van der Waals surface area contributed by atoms with E-state index in [1.807, 2.05) is 0 Å². The van der Waals surface area contributed by atoms with Gasteiger partial charge in [-0.3, -0.25) is 9.59 Å². The highest BCUT2D eigenvalue weighted by molar-refractivity contribution is 5.77. The van der Waals surface area contributed by atoms with Gasteiger partial charge < -0.3 is 100 Å². The SMILES string of the molecule is CCCCCCCCCCCCCC/C=C\CCCCCCCCCCCCC(=O)NC(COC1OC(CO)C(OC2OC(CO)C(O)C(OC3(C(=O)O)CC(O)C(NC(C)=O)C(C(O)C(O)CO)O3)C2O)C(O)C1O)C(O)CCCCCCCCCCCCCCCCCCCCCCCCC. The van der Waals surface area contributed by atoms with Crippen LogP contribution in [-0.2, 0) is 42.8 Å². The van der Waals surface area contributed by atoms with Gasteiger partial charge in [0.25, 0.3) is 5.79 Å². The Bertz CT molecular complexity index is 2100. The van der Waals surface area contributed by atoms with E-state index in [4.69, 9.17) is 28.4 Å². The zero-order valence-corrected chi connectivity index (χ0v) is 64.2. The van der Waals surface area contributed by atoms with Crippen molar-refractivity contribution >= 4 is 17.8 Å². The molecule has 3 aliphatic heterocycles. The lowest BCUT2D eigenvalue weighted by Gasteiger charge is -2.50. The molecular formula is C80H150N2O21. The summed E-state index contributed by atoms with van der Waals surface area (Å²) >= 11 is 0. The third kappa shape index (κ3) is 39.6. The summed E-state index contributed by atoms with van der Waals surface area (Å²) in [6, 6.07) is -2.53. The maximum absolute atomic E-state index is 13.6. The minimum atomic E-state index is -3.08. The minimum absolute atomic E-state index is 0.224. The summed E-state index contributed by atoms with van der Waals surface area (Å²) in [6.45, 7) is 2.27. The molecule has 0 aromatic rings. The fraction of sp³-hybridized carbons (Fsp3) is 0.938. The Morgan fingerprint density at radius 2 is 0.903 bits per heavy atom. The second-order valence-corrected chi connectivity index (χ2v) is 30.3. The van der Waals surface area contributed by atoms with Gasteiger partial charge in [-0.25, -0.2) is 4.79 Å². The lowest BCUT2D eigenvalue weighted by molar-refractivity contribution is -0.386. The number of carboxylic acids is 1. The lowest BCUT2D eigenvalue weighted by Crippen LogP contribution is -2.70. The number of rotatable bonds is 66. The molecular weight excluding hydrogens is 1320 g/mol. The van der Waals surface area contributed by atoms with Crippen LogP contribution in [0.3, 0.4) is 0 Å². The Hall–Kier alpha value is -2.53. The fourth-order valence-electron chi connectivity index (χ4n) is 14.7. The Labute approximate surface area is 620 Å². The van der Waals surface area contributed by atoms with Crippen molar-refractivity contribution in [2.75, 3.05) is 26.4 Å². The number of carboxylic acid groups (broad SMARTS) is 1. The van der Waals surface area contributed by atoms with Gasteiger partial charge in [0.05, 0.1) is 50.7 Å². The van der Waals surface area contributed by atoms with Crippen molar-refractivity contribution in [3.8, 4) is 0 Å². The number of aliphatic hydroxyl groups is 11. The van der Waals surface area contributed by atoms with Crippen LogP contribution in [-0.4, -0.2) is 215 Å². The number of hydrogen-bond acceptors (Lipinski definition) is 20. The van der Waals surface area contributed by atoms with Crippen LogP contribution in [0.4, 0.5) is 0 Å². The van der Waals surface area contributed by atoms with Gasteiger partial charge in [0.15, 0.2) is 12.6 Å². The van der Waals surface area contributed by atoms with Crippen LogP contribution in [0.1, 0.15) is 342 Å². The molecule has 3 heterocycles. The average molecular weight is 1480 g/mol. The number of ether oxygens (including phenoxy) is 6. The fourth-order valence-corrected chi connectivity index (χ4v) is 14.7. The van der Waals surface area contributed by atoms with E-state index in [2.05, 4.69) is 36.6 Å². The van der Waals surface area contributed by atoms with Gasteiger partial charge >= 0.3 is 5.97 Å². The van der Waals surface area contributed by atoms with Crippen LogP contribution in [0.25, 0.3) is 0 Å². The normalized spacial score (nSPS) is 26.5. The number of hydrogen-bond donors (Lipinski definition) is 14. The van der Waals surface area contributed by atoms with Gasteiger partial charge in [-0.2, -0.15) is 0 Å². The number of carbonyl (C=O) groups is 3. The van der Waals surface area contributed by atoms with E-state index >= 15 is 0 Å². The third-order valence-electron chi connectivity index (χ3n) is 21.2. The van der Waals surface area contributed by atoms with Gasteiger partial charge in [-0.05, 0) is 38.5 Å². The number of carbonyl (C=O) groups excluding carboxylic acids is 2. The molecule has 103 heavy (non-hydrogen) atoms. The number of aliphatic carboxylic acids is 1. The second kappa shape index (κ2) is 59.4. The number of aliphatic hydroxyl groups excluding tert-OH is 11. The molecule has 606 valence electrons. The molecule has 0 aromatic heterocycles. The third-order valence-corrected chi connectivity index (χ3v) is 21.2. The molecule has 3 saturated heterocycles. The number of nitrogens with one attached hydrogen (secondary N) is 2. The van der Waals surface area contributed by atoms with Gasteiger partial charge in [0, 0.05) is 19.8 Å². The predicted octanol–water partition coefficient (Wildman–Crippen LogP) is 11.4. The molecule has 0 spiro atoms. The molecule has 0 aromatic carbocycles. The van der Waals surface area contributed by atoms with Crippen molar-refractivity contribution in [1.29, 1.82) is 0 Å². The molecule has 0 aliphatic carbocycles. The first-order valence-electron chi connectivity index (χ1n) is 41.5. The largest absolute Gasteiger partial charge is 0.477 e.